The van der Waals surface area contributed by atoms with Crippen molar-refractivity contribution in [3.05, 3.63) is 65.8 Å². The van der Waals surface area contributed by atoms with E-state index in [0.717, 1.165) is 28.0 Å². The maximum Gasteiger partial charge on any atom is 0.291 e. The molecule has 0 spiro atoms. The van der Waals surface area contributed by atoms with Gasteiger partial charge in [0.25, 0.3) is 5.24 Å². The van der Waals surface area contributed by atoms with Crippen molar-refractivity contribution in [3.63, 3.8) is 0 Å². The van der Waals surface area contributed by atoms with Crippen molar-refractivity contribution < 1.29 is 9.21 Å². The van der Waals surface area contributed by atoms with Crippen molar-refractivity contribution in [2.45, 2.75) is 0 Å². The summed E-state index contributed by atoms with van der Waals surface area (Å²) in [6.45, 7) is 4.06. The summed E-state index contributed by atoms with van der Waals surface area (Å²) in [5, 5.41) is -0.0778. The van der Waals surface area contributed by atoms with Crippen LogP contribution in [0.2, 0.25) is 0 Å². The first-order chi connectivity index (χ1) is 10.7. The normalized spacial score (nSPS) is 16.5. The summed E-state index contributed by atoms with van der Waals surface area (Å²) in [6.07, 6.45) is 3.47. The van der Waals surface area contributed by atoms with E-state index in [1.165, 1.54) is 4.90 Å². The van der Waals surface area contributed by atoms with Gasteiger partial charge in [0.2, 0.25) is 0 Å². The van der Waals surface area contributed by atoms with Crippen LogP contribution in [0.15, 0.2) is 64.4 Å². The SMILES string of the molecule is C=CCN1C(=O)S/C(=C/c2ccc(-c3ccccc3)o2)C1=S. The minimum atomic E-state index is -0.0778. The van der Waals surface area contributed by atoms with Crippen LogP contribution in [0.1, 0.15) is 5.76 Å². The fourth-order valence-corrected chi connectivity index (χ4v) is 3.34. The van der Waals surface area contributed by atoms with Crippen LogP contribution in [-0.4, -0.2) is 21.7 Å². The smallest absolute Gasteiger partial charge is 0.291 e. The Morgan fingerprint density at radius 3 is 2.73 bits per heavy atom. The predicted octanol–water partition coefficient (Wildman–Crippen LogP) is 4.97. The van der Waals surface area contributed by atoms with Gasteiger partial charge in [-0.2, -0.15) is 0 Å². The molecule has 22 heavy (non-hydrogen) atoms. The third kappa shape index (κ3) is 2.91. The van der Waals surface area contributed by atoms with Gasteiger partial charge in [0, 0.05) is 12.1 Å². The number of furan rings is 1. The van der Waals surface area contributed by atoms with Gasteiger partial charge in [-0.25, -0.2) is 0 Å². The van der Waals surface area contributed by atoms with E-state index in [9.17, 15) is 4.79 Å². The van der Waals surface area contributed by atoms with Gasteiger partial charge in [0.1, 0.15) is 16.5 Å². The molecule has 2 heterocycles. The summed E-state index contributed by atoms with van der Waals surface area (Å²) in [5.74, 6) is 1.47. The molecule has 1 aliphatic rings. The maximum absolute atomic E-state index is 11.9. The Morgan fingerprint density at radius 2 is 2.00 bits per heavy atom. The Kier molecular flexibility index (Phi) is 4.27. The number of carbonyl (C=O) groups excluding carboxylic acids is 1. The maximum atomic E-state index is 11.9. The van der Waals surface area contributed by atoms with Crippen molar-refractivity contribution in [1.29, 1.82) is 0 Å². The molecule has 1 aliphatic heterocycles. The lowest BCUT2D eigenvalue weighted by molar-refractivity contribution is 0.248. The summed E-state index contributed by atoms with van der Waals surface area (Å²) in [4.78, 5) is 14.7. The van der Waals surface area contributed by atoms with Gasteiger partial charge in [-0.05, 0) is 30.0 Å². The highest BCUT2D eigenvalue weighted by Crippen LogP contribution is 2.34. The molecular weight excluding hydrogens is 314 g/mol. The van der Waals surface area contributed by atoms with E-state index in [1.54, 1.807) is 12.2 Å². The first-order valence-electron chi connectivity index (χ1n) is 6.70. The Bertz CT molecular complexity index is 762. The predicted molar refractivity (Wildman–Crippen MR) is 94.6 cm³/mol. The van der Waals surface area contributed by atoms with Crippen LogP contribution in [0.4, 0.5) is 4.79 Å². The number of hydrogen-bond acceptors (Lipinski definition) is 4. The van der Waals surface area contributed by atoms with E-state index in [2.05, 4.69) is 6.58 Å². The zero-order valence-corrected chi connectivity index (χ0v) is 13.3. The van der Waals surface area contributed by atoms with Crippen molar-refractivity contribution in [3.8, 4) is 11.3 Å². The van der Waals surface area contributed by atoms with Crippen LogP contribution in [0, 0.1) is 0 Å². The summed E-state index contributed by atoms with van der Waals surface area (Å²) < 4.78 is 5.81. The minimum absolute atomic E-state index is 0.0778. The summed E-state index contributed by atoms with van der Waals surface area (Å²) in [7, 11) is 0. The number of thioether (sulfide) groups is 1. The summed E-state index contributed by atoms with van der Waals surface area (Å²) in [6, 6.07) is 13.6. The molecule has 0 radical (unpaired) electrons. The molecule has 3 rings (SSSR count). The molecule has 1 fully saturated rings. The Balaban J connectivity index is 1.85. The topological polar surface area (TPSA) is 33.5 Å². The molecule has 0 N–H and O–H groups in total. The molecule has 110 valence electrons. The zero-order valence-electron chi connectivity index (χ0n) is 11.7. The molecule has 0 atom stereocenters. The van der Waals surface area contributed by atoms with Gasteiger partial charge in [0.05, 0.1) is 4.91 Å². The van der Waals surface area contributed by atoms with E-state index in [0.29, 0.717) is 17.3 Å². The second-order valence-electron chi connectivity index (χ2n) is 4.65. The van der Waals surface area contributed by atoms with E-state index in [1.807, 2.05) is 42.5 Å². The van der Waals surface area contributed by atoms with E-state index >= 15 is 0 Å². The van der Waals surface area contributed by atoms with Gasteiger partial charge in [0.15, 0.2) is 0 Å². The fourth-order valence-electron chi connectivity index (χ4n) is 2.10. The second kappa shape index (κ2) is 6.34. The largest absolute Gasteiger partial charge is 0.457 e. The second-order valence-corrected chi connectivity index (χ2v) is 6.03. The monoisotopic (exact) mass is 327 g/mol. The minimum Gasteiger partial charge on any atom is -0.457 e. The standard InChI is InChI=1S/C17H13NO2S2/c1-2-10-18-16(21)15(22-17(18)19)11-13-8-9-14(20-13)12-6-4-3-5-7-12/h2-9,11H,1,10H2/b15-11+. The van der Waals surface area contributed by atoms with Crippen LogP contribution < -0.4 is 0 Å². The highest BCUT2D eigenvalue weighted by molar-refractivity contribution is 8.19. The van der Waals surface area contributed by atoms with Crippen LogP contribution in [-0.2, 0) is 0 Å². The first kappa shape index (κ1) is 14.8. The fraction of sp³-hybridized carbons (Fsp3) is 0.0588. The molecule has 0 unspecified atom stereocenters. The van der Waals surface area contributed by atoms with E-state index < -0.39 is 0 Å². The number of amides is 1. The molecule has 1 amide bonds. The molecule has 3 nitrogen and oxygen atoms in total. The molecule has 0 aliphatic carbocycles. The molecule has 1 saturated heterocycles. The molecule has 0 saturated carbocycles. The number of carbonyl (C=O) groups is 1. The highest BCUT2D eigenvalue weighted by Gasteiger charge is 2.30. The Labute approximate surface area is 138 Å². The molecular formula is C17H13NO2S2. The van der Waals surface area contributed by atoms with Gasteiger partial charge < -0.3 is 4.42 Å². The van der Waals surface area contributed by atoms with Crippen LogP contribution in [0.5, 0.6) is 0 Å². The number of rotatable bonds is 4. The Hall–Kier alpha value is -2.11. The zero-order chi connectivity index (χ0) is 15.5. The van der Waals surface area contributed by atoms with Crippen molar-refractivity contribution in [1.82, 2.24) is 4.90 Å². The summed E-state index contributed by atoms with van der Waals surface area (Å²) >= 11 is 6.45. The van der Waals surface area contributed by atoms with E-state index in [-0.39, 0.29) is 5.24 Å². The summed E-state index contributed by atoms with van der Waals surface area (Å²) in [5.41, 5.74) is 1.01. The Morgan fingerprint density at radius 1 is 1.23 bits per heavy atom. The average Bonchev–Trinajstić information content (AvgIpc) is 3.09. The van der Waals surface area contributed by atoms with Crippen LogP contribution >= 0.6 is 24.0 Å². The molecule has 1 aromatic carbocycles. The van der Waals surface area contributed by atoms with Gasteiger partial charge in [-0.1, -0.05) is 48.6 Å². The van der Waals surface area contributed by atoms with Gasteiger partial charge in [-0.3, -0.25) is 9.69 Å². The van der Waals surface area contributed by atoms with Crippen LogP contribution in [0.3, 0.4) is 0 Å². The third-order valence-corrected chi connectivity index (χ3v) is 4.64. The van der Waals surface area contributed by atoms with E-state index in [4.69, 9.17) is 16.6 Å². The molecule has 2 aromatic rings. The number of nitrogens with zero attached hydrogens (tertiary/aromatic N) is 1. The van der Waals surface area contributed by atoms with Crippen LogP contribution in [0.25, 0.3) is 17.4 Å². The highest BCUT2D eigenvalue weighted by atomic mass is 32.2. The number of benzene rings is 1. The van der Waals surface area contributed by atoms with Crippen molar-refractivity contribution in [2.75, 3.05) is 6.54 Å². The van der Waals surface area contributed by atoms with Gasteiger partial charge >= 0.3 is 0 Å². The number of thiocarbonyl (C=S) groups is 1. The third-order valence-electron chi connectivity index (χ3n) is 3.14. The lowest BCUT2D eigenvalue weighted by Gasteiger charge is -2.10. The first-order valence-corrected chi connectivity index (χ1v) is 7.93. The lowest BCUT2D eigenvalue weighted by Crippen LogP contribution is -2.26. The van der Waals surface area contributed by atoms with Gasteiger partial charge in [-0.15, -0.1) is 6.58 Å². The lowest BCUT2D eigenvalue weighted by atomic mass is 10.2. The van der Waals surface area contributed by atoms with Crippen molar-refractivity contribution in [2.24, 2.45) is 0 Å². The molecule has 1 aromatic heterocycles. The quantitative estimate of drug-likeness (QED) is 0.451. The molecule has 5 heteroatoms. The van der Waals surface area contributed by atoms with Crippen molar-refractivity contribution >= 4 is 40.3 Å². The molecule has 0 bridgehead atoms. The number of hydrogen-bond donors (Lipinski definition) is 0. The average molecular weight is 327 g/mol.